The van der Waals surface area contributed by atoms with Crippen LogP contribution in [0.3, 0.4) is 0 Å². The first-order valence-corrected chi connectivity index (χ1v) is 5.19. The number of hydrogen-bond acceptors (Lipinski definition) is 3. The quantitative estimate of drug-likeness (QED) is 0.653. The molecule has 0 spiro atoms. The van der Waals surface area contributed by atoms with Gasteiger partial charge in [-0.3, -0.25) is 5.73 Å². The van der Waals surface area contributed by atoms with Gasteiger partial charge < -0.3 is 4.74 Å². The summed E-state index contributed by atoms with van der Waals surface area (Å²) in [5.74, 6) is 0.634. The van der Waals surface area contributed by atoms with Crippen LogP contribution in [-0.2, 0) is 4.74 Å². The molecule has 0 radical (unpaired) electrons. The Morgan fingerprint density at radius 3 is 2.73 bits per heavy atom. The van der Waals surface area contributed by atoms with Gasteiger partial charge in [-0.25, -0.2) is 0 Å². The normalized spacial score (nSPS) is 45.8. The lowest BCUT2D eigenvalue weighted by Gasteiger charge is -2.36. The summed E-state index contributed by atoms with van der Waals surface area (Å²) in [4.78, 5) is 0. The predicted octanol–water partition coefficient (Wildman–Crippen LogP) is 1.55. The topological polar surface area (TPSA) is 35.2 Å². The van der Waals surface area contributed by atoms with Crippen LogP contribution in [0.4, 0.5) is 0 Å². The van der Waals surface area contributed by atoms with E-state index in [0.29, 0.717) is 11.2 Å². The van der Waals surface area contributed by atoms with Crippen LogP contribution >= 0.6 is 11.8 Å². The van der Waals surface area contributed by atoms with E-state index in [-0.39, 0.29) is 5.06 Å². The van der Waals surface area contributed by atoms with Crippen LogP contribution in [0.15, 0.2) is 0 Å². The van der Waals surface area contributed by atoms with Crippen molar-refractivity contribution in [3.63, 3.8) is 0 Å². The molecule has 0 aromatic carbocycles. The summed E-state index contributed by atoms with van der Waals surface area (Å²) in [5, 5.41) is 0.354. The highest BCUT2D eigenvalue weighted by Crippen LogP contribution is 2.48. The minimum Gasteiger partial charge on any atom is -0.351 e. The Bertz CT molecular complexity index is 160. The molecule has 2 aliphatic rings. The maximum Gasteiger partial charge on any atom is 0.167 e. The maximum absolute atomic E-state index is 6.10. The summed E-state index contributed by atoms with van der Waals surface area (Å²) < 4.78 is 5.60. The zero-order chi connectivity index (χ0) is 7.90. The molecule has 1 aliphatic carbocycles. The molecule has 1 saturated heterocycles. The first-order valence-electron chi connectivity index (χ1n) is 4.31. The molecule has 2 atom stereocenters. The van der Waals surface area contributed by atoms with Crippen molar-refractivity contribution in [3.8, 4) is 0 Å². The van der Waals surface area contributed by atoms with Crippen LogP contribution in [-0.4, -0.2) is 16.9 Å². The Balaban J connectivity index is 1.99. The molecule has 2 fully saturated rings. The summed E-state index contributed by atoms with van der Waals surface area (Å²) in [7, 11) is 0. The molecule has 11 heavy (non-hydrogen) atoms. The predicted molar refractivity (Wildman–Crippen MR) is 47.3 cm³/mol. The van der Waals surface area contributed by atoms with E-state index in [1.807, 2.05) is 11.8 Å². The molecule has 3 heteroatoms. The second-order valence-electron chi connectivity index (χ2n) is 3.56. The first kappa shape index (κ1) is 7.90. The van der Waals surface area contributed by atoms with E-state index < -0.39 is 0 Å². The fourth-order valence-corrected chi connectivity index (χ4v) is 2.91. The van der Waals surface area contributed by atoms with Gasteiger partial charge in [0.05, 0.1) is 6.61 Å². The molecule has 0 aromatic heterocycles. The minimum atomic E-state index is -0.322. The summed E-state index contributed by atoms with van der Waals surface area (Å²) in [6.45, 7) is 3.08. The number of hydrogen-bond donors (Lipinski definition) is 1. The maximum atomic E-state index is 6.10. The van der Waals surface area contributed by atoms with Gasteiger partial charge in [-0.1, -0.05) is 6.92 Å². The van der Waals surface area contributed by atoms with Crippen molar-refractivity contribution in [2.24, 2.45) is 11.7 Å². The van der Waals surface area contributed by atoms with Crippen LogP contribution in [0.5, 0.6) is 0 Å². The molecular formula is C8H15NOS. The zero-order valence-electron chi connectivity index (χ0n) is 6.88. The van der Waals surface area contributed by atoms with Gasteiger partial charge in [0.2, 0.25) is 0 Å². The van der Waals surface area contributed by atoms with E-state index in [1.54, 1.807) is 0 Å². The molecule has 64 valence electrons. The summed E-state index contributed by atoms with van der Waals surface area (Å²) in [5.41, 5.74) is 6.10. The third-order valence-corrected chi connectivity index (χ3v) is 3.84. The molecule has 0 amide bonds. The van der Waals surface area contributed by atoms with Gasteiger partial charge in [-0.05, 0) is 19.3 Å². The summed E-state index contributed by atoms with van der Waals surface area (Å²) in [6.07, 6.45) is 3.67. The molecule has 2 N–H and O–H groups in total. The average Bonchev–Trinajstić information content (AvgIpc) is 2.66. The van der Waals surface area contributed by atoms with Crippen molar-refractivity contribution in [2.75, 3.05) is 6.61 Å². The zero-order valence-corrected chi connectivity index (χ0v) is 7.69. The van der Waals surface area contributed by atoms with Crippen LogP contribution in [0.2, 0.25) is 0 Å². The smallest absolute Gasteiger partial charge is 0.167 e. The monoisotopic (exact) mass is 173 g/mol. The lowest BCUT2D eigenvalue weighted by molar-refractivity contribution is 0.00432. The molecule has 2 nitrogen and oxygen atoms in total. The first-order chi connectivity index (χ1) is 5.21. The minimum absolute atomic E-state index is 0.322. The molecule has 2 rings (SSSR count). The van der Waals surface area contributed by atoms with Crippen LogP contribution in [0.1, 0.15) is 26.2 Å². The van der Waals surface area contributed by atoms with E-state index >= 15 is 0 Å². The van der Waals surface area contributed by atoms with Crippen molar-refractivity contribution < 1.29 is 4.74 Å². The number of rotatable bonds is 1. The van der Waals surface area contributed by atoms with Gasteiger partial charge >= 0.3 is 0 Å². The largest absolute Gasteiger partial charge is 0.351 e. The second-order valence-corrected chi connectivity index (χ2v) is 5.24. The van der Waals surface area contributed by atoms with Gasteiger partial charge in [0.15, 0.2) is 5.06 Å². The third-order valence-electron chi connectivity index (χ3n) is 2.38. The number of thioether (sulfide) groups is 1. The standard InChI is InChI=1S/C8H15NOS/c1-6-4-5-10-8(9,11-6)7-2-3-7/h6-7H,2-5,9H2,1H3. The van der Waals surface area contributed by atoms with Crippen molar-refractivity contribution in [1.82, 2.24) is 0 Å². The summed E-state index contributed by atoms with van der Waals surface area (Å²) >= 11 is 1.81. The third kappa shape index (κ3) is 1.55. The van der Waals surface area contributed by atoms with Crippen LogP contribution in [0.25, 0.3) is 0 Å². The Morgan fingerprint density at radius 1 is 1.45 bits per heavy atom. The van der Waals surface area contributed by atoms with E-state index in [2.05, 4.69) is 6.92 Å². The highest BCUT2D eigenvalue weighted by Gasteiger charge is 2.46. The van der Waals surface area contributed by atoms with E-state index in [0.717, 1.165) is 13.0 Å². The molecule has 2 unspecified atom stereocenters. The fraction of sp³-hybridized carbons (Fsp3) is 1.00. The van der Waals surface area contributed by atoms with Crippen molar-refractivity contribution in [2.45, 2.75) is 36.5 Å². The molecular weight excluding hydrogens is 158 g/mol. The van der Waals surface area contributed by atoms with Crippen molar-refractivity contribution in [3.05, 3.63) is 0 Å². The highest BCUT2D eigenvalue weighted by atomic mass is 32.2. The fourth-order valence-electron chi connectivity index (χ4n) is 1.49. The Labute approximate surface area is 71.9 Å². The van der Waals surface area contributed by atoms with Crippen LogP contribution < -0.4 is 5.73 Å². The Morgan fingerprint density at radius 2 is 2.18 bits per heavy atom. The average molecular weight is 173 g/mol. The van der Waals surface area contributed by atoms with E-state index in [9.17, 15) is 0 Å². The number of ether oxygens (including phenoxy) is 1. The lowest BCUT2D eigenvalue weighted by Crippen LogP contribution is -2.46. The van der Waals surface area contributed by atoms with Crippen molar-refractivity contribution in [1.29, 1.82) is 0 Å². The molecule has 1 aliphatic heterocycles. The Kier molecular flexibility index (Phi) is 1.90. The number of nitrogens with two attached hydrogens (primary N) is 1. The van der Waals surface area contributed by atoms with E-state index in [4.69, 9.17) is 10.5 Å². The highest BCUT2D eigenvalue weighted by molar-refractivity contribution is 8.01. The SMILES string of the molecule is CC1CCOC(N)(C2CC2)S1. The van der Waals surface area contributed by atoms with Gasteiger partial charge in [0.1, 0.15) is 0 Å². The van der Waals surface area contributed by atoms with Gasteiger partial charge in [0, 0.05) is 11.2 Å². The van der Waals surface area contributed by atoms with Gasteiger partial charge in [-0.2, -0.15) is 0 Å². The molecule has 0 bridgehead atoms. The van der Waals surface area contributed by atoms with Gasteiger partial charge in [0.25, 0.3) is 0 Å². The summed E-state index contributed by atoms with van der Waals surface area (Å²) in [6, 6.07) is 0. The van der Waals surface area contributed by atoms with E-state index in [1.165, 1.54) is 12.8 Å². The Hall–Kier alpha value is 0.270. The molecule has 0 aromatic rings. The lowest BCUT2D eigenvalue weighted by atomic mass is 10.3. The van der Waals surface area contributed by atoms with Crippen LogP contribution in [0, 0.1) is 5.92 Å². The molecule has 1 saturated carbocycles. The van der Waals surface area contributed by atoms with Crippen molar-refractivity contribution >= 4 is 11.8 Å². The van der Waals surface area contributed by atoms with Gasteiger partial charge in [-0.15, -0.1) is 11.8 Å². The molecule has 1 heterocycles. The second kappa shape index (κ2) is 2.64.